The maximum absolute atomic E-state index is 14.4. The molecule has 0 saturated heterocycles. The minimum Gasteiger partial charge on any atom is -0.462 e. The number of rotatable bonds is 9. The number of aryl methyl sites for hydroxylation is 1. The molecular weight excluding hydrogens is 391 g/mol. The second-order valence-electron chi connectivity index (χ2n) is 7.53. The summed E-state index contributed by atoms with van der Waals surface area (Å²) in [6, 6.07) is 21.3. The predicted molar refractivity (Wildman–Crippen MR) is 122 cm³/mol. The van der Waals surface area contributed by atoms with E-state index >= 15 is 0 Å². The number of esters is 1. The molecule has 0 atom stereocenters. The van der Waals surface area contributed by atoms with Crippen molar-refractivity contribution in [3.05, 3.63) is 95.8 Å². The van der Waals surface area contributed by atoms with Crippen LogP contribution in [0, 0.1) is 5.82 Å². The number of benzene rings is 3. The Morgan fingerprint density at radius 3 is 2.29 bits per heavy atom. The molecule has 0 fully saturated rings. The minimum atomic E-state index is -0.378. The molecule has 31 heavy (non-hydrogen) atoms. The van der Waals surface area contributed by atoms with Crippen LogP contribution in [0.4, 0.5) is 4.39 Å². The largest absolute Gasteiger partial charge is 0.462 e. The molecule has 3 aromatic carbocycles. The summed E-state index contributed by atoms with van der Waals surface area (Å²) in [6.45, 7) is 5.58. The molecule has 0 amide bonds. The van der Waals surface area contributed by atoms with Crippen molar-refractivity contribution in [3.8, 4) is 22.3 Å². The summed E-state index contributed by atoms with van der Waals surface area (Å²) in [5, 5.41) is 8.94. The Kier molecular flexibility index (Phi) is 7.74. The fraction of sp³-hybridized carbons (Fsp3) is 0.222. The van der Waals surface area contributed by atoms with E-state index in [1.807, 2.05) is 54.6 Å². The van der Waals surface area contributed by atoms with Crippen molar-refractivity contribution >= 4 is 5.97 Å². The van der Waals surface area contributed by atoms with Gasteiger partial charge in [0.1, 0.15) is 5.82 Å². The summed E-state index contributed by atoms with van der Waals surface area (Å²) < 4.78 is 19.6. The van der Waals surface area contributed by atoms with Crippen molar-refractivity contribution in [2.24, 2.45) is 0 Å². The molecule has 160 valence electrons. The zero-order valence-corrected chi connectivity index (χ0v) is 17.7. The number of halogens is 1. The first kappa shape index (κ1) is 22.4. The lowest BCUT2D eigenvalue weighted by molar-refractivity contribution is -0.138. The van der Waals surface area contributed by atoms with Gasteiger partial charge in [-0.05, 0) is 59.2 Å². The lowest BCUT2D eigenvalue weighted by atomic mass is 9.95. The highest BCUT2D eigenvalue weighted by molar-refractivity contribution is 5.86. The third kappa shape index (κ3) is 5.89. The monoisotopic (exact) mass is 418 g/mol. The zero-order chi connectivity index (χ0) is 22.2. The molecule has 1 N–H and O–H groups in total. The van der Waals surface area contributed by atoms with E-state index < -0.39 is 0 Å². The van der Waals surface area contributed by atoms with Gasteiger partial charge in [-0.1, -0.05) is 67.2 Å². The molecule has 0 aliphatic rings. The van der Waals surface area contributed by atoms with Gasteiger partial charge in [-0.3, -0.25) is 0 Å². The number of aliphatic hydroxyl groups excluding tert-OH is 1. The van der Waals surface area contributed by atoms with Gasteiger partial charge in [-0.15, -0.1) is 0 Å². The third-order valence-electron chi connectivity index (χ3n) is 5.16. The van der Waals surface area contributed by atoms with E-state index in [0.29, 0.717) is 37.0 Å². The molecule has 3 rings (SSSR count). The highest BCUT2D eigenvalue weighted by Gasteiger charge is 2.09. The molecular formula is C27H27FO3. The number of hydrogen-bond acceptors (Lipinski definition) is 3. The van der Waals surface area contributed by atoms with Gasteiger partial charge in [0.2, 0.25) is 0 Å². The number of ether oxygens (including phenoxy) is 1. The van der Waals surface area contributed by atoms with Crippen LogP contribution in [0.1, 0.15) is 24.5 Å². The standard InChI is InChI=1S/C27H27FO3/c1-19(2)27(30)31-17-15-21-6-3-4-8-25(21)22-11-9-20(10-12-22)24-14-13-23(7-5-16-29)26(28)18-24/h3-4,6,8-14,18,29H,1,5,7,15-17H2,2H3. The second kappa shape index (κ2) is 10.7. The van der Waals surface area contributed by atoms with Crippen LogP contribution in [0.3, 0.4) is 0 Å². The lowest BCUT2D eigenvalue weighted by Gasteiger charge is -2.12. The molecule has 3 nitrogen and oxygen atoms in total. The fourth-order valence-corrected chi connectivity index (χ4v) is 3.44. The lowest BCUT2D eigenvalue weighted by Crippen LogP contribution is -2.08. The van der Waals surface area contributed by atoms with Crippen molar-refractivity contribution in [1.29, 1.82) is 0 Å². The highest BCUT2D eigenvalue weighted by atomic mass is 19.1. The number of carbonyl (C=O) groups excluding carboxylic acids is 1. The Morgan fingerprint density at radius 1 is 0.935 bits per heavy atom. The second-order valence-corrected chi connectivity index (χ2v) is 7.53. The number of hydrogen-bond donors (Lipinski definition) is 1. The smallest absolute Gasteiger partial charge is 0.333 e. The first-order valence-corrected chi connectivity index (χ1v) is 10.4. The highest BCUT2D eigenvalue weighted by Crippen LogP contribution is 2.28. The van der Waals surface area contributed by atoms with Crippen molar-refractivity contribution in [2.45, 2.75) is 26.2 Å². The van der Waals surface area contributed by atoms with Crippen molar-refractivity contribution in [1.82, 2.24) is 0 Å². The normalized spacial score (nSPS) is 10.7. The molecule has 0 aromatic heterocycles. The van der Waals surface area contributed by atoms with Crippen LogP contribution in [0.5, 0.6) is 0 Å². The zero-order valence-electron chi connectivity index (χ0n) is 17.7. The van der Waals surface area contributed by atoms with Gasteiger partial charge in [0.25, 0.3) is 0 Å². The van der Waals surface area contributed by atoms with Crippen LogP contribution in [-0.2, 0) is 22.4 Å². The summed E-state index contributed by atoms with van der Waals surface area (Å²) >= 11 is 0. The fourth-order valence-electron chi connectivity index (χ4n) is 3.44. The Hall–Kier alpha value is -3.24. The maximum atomic E-state index is 14.4. The first-order valence-electron chi connectivity index (χ1n) is 10.4. The minimum absolute atomic E-state index is 0.0560. The molecule has 0 radical (unpaired) electrons. The van der Waals surface area contributed by atoms with E-state index in [0.717, 1.165) is 27.8 Å². The summed E-state index contributed by atoms with van der Waals surface area (Å²) in [5.41, 5.74) is 5.97. The first-order chi connectivity index (χ1) is 15.0. The van der Waals surface area contributed by atoms with E-state index in [1.165, 1.54) is 0 Å². The van der Waals surface area contributed by atoms with Gasteiger partial charge in [0.05, 0.1) is 6.61 Å². The number of carbonyl (C=O) groups is 1. The van der Waals surface area contributed by atoms with Crippen LogP contribution in [0.25, 0.3) is 22.3 Å². The average molecular weight is 419 g/mol. The summed E-state index contributed by atoms with van der Waals surface area (Å²) in [4.78, 5) is 11.6. The molecule has 0 bridgehead atoms. The van der Waals surface area contributed by atoms with E-state index in [1.54, 1.807) is 19.1 Å². The molecule has 0 saturated carbocycles. The molecule has 0 spiro atoms. The predicted octanol–water partition coefficient (Wildman–Crippen LogP) is 5.75. The maximum Gasteiger partial charge on any atom is 0.333 e. The molecule has 0 aliphatic heterocycles. The van der Waals surface area contributed by atoms with Crippen LogP contribution in [0.2, 0.25) is 0 Å². The quantitative estimate of drug-likeness (QED) is 0.356. The van der Waals surface area contributed by atoms with Gasteiger partial charge < -0.3 is 9.84 Å². The summed E-state index contributed by atoms with van der Waals surface area (Å²) in [5.74, 6) is -0.624. The van der Waals surface area contributed by atoms with Crippen LogP contribution in [-0.4, -0.2) is 24.3 Å². The third-order valence-corrected chi connectivity index (χ3v) is 5.16. The van der Waals surface area contributed by atoms with Gasteiger partial charge in [-0.25, -0.2) is 9.18 Å². The Labute approximate surface area is 182 Å². The van der Waals surface area contributed by atoms with E-state index in [-0.39, 0.29) is 18.4 Å². The summed E-state index contributed by atoms with van der Waals surface area (Å²) in [7, 11) is 0. The molecule has 0 aliphatic carbocycles. The van der Waals surface area contributed by atoms with Crippen molar-refractivity contribution in [3.63, 3.8) is 0 Å². The van der Waals surface area contributed by atoms with Gasteiger partial charge in [-0.2, -0.15) is 0 Å². The van der Waals surface area contributed by atoms with Crippen LogP contribution in [0.15, 0.2) is 78.9 Å². The Balaban J connectivity index is 1.75. The molecule has 3 aromatic rings. The van der Waals surface area contributed by atoms with Crippen LogP contribution < -0.4 is 0 Å². The molecule has 0 unspecified atom stereocenters. The summed E-state index contributed by atoms with van der Waals surface area (Å²) in [6.07, 6.45) is 1.69. The van der Waals surface area contributed by atoms with E-state index in [9.17, 15) is 9.18 Å². The van der Waals surface area contributed by atoms with Crippen LogP contribution >= 0.6 is 0 Å². The topological polar surface area (TPSA) is 46.5 Å². The SMILES string of the molecule is C=C(C)C(=O)OCCc1ccccc1-c1ccc(-c2ccc(CCCO)c(F)c2)cc1. The average Bonchev–Trinajstić information content (AvgIpc) is 2.78. The number of aliphatic hydroxyl groups is 1. The van der Waals surface area contributed by atoms with E-state index in [2.05, 4.69) is 6.58 Å². The Bertz CT molecular complexity index is 1050. The van der Waals surface area contributed by atoms with Gasteiger partial charge in [0.15, 0.2) is 0 Å². The van der Waals surface area contributed by atoms with Crippen molar-refractivity contribution in [2.75, 3.05) is 13.2 Å². The van der Waals surface area contributed by atoms with E-state index in [4.69, 9.17) is 9.84 Å². The van der Waals surface area contributed by atoms with Crippen molar-refractivity contribution < 1.29 is 19.0 Å². The van der Waals surface area contributed by atoms with Gasteiger partial charge >= 0.3 is 5.97 Å². The Morgan fingerprint density at radius 2 is 1.61 bits per heavy atom. The molecule has 4 heteroatoms. The van der Waals surface area contributed by atoms with Gasteiger partial charge in [0, 0.05) is 18.6 Å². The molecule has 0 heterocycles.